The van der Waals surface area contributed by atoms with Crippen LogP contribution in [0.2, 0.25) is 0 Å². The first-order valence-electron chi connectivity index (χ1n) is 6.66. The van der Waals surface area contributed by atoms with Crippen molar-refractivity contribution < 1.29 is 29.1 Å². The minimum Gasteiger partial charge on any atom is -0.477 e. The van der Waals surface area contributed by atoms with Crippen LogP contribution in [-0.2, 0) is 24.0 Å². The molecular formula is C12H17N3O6. The highest BCUT2D eigenvalue weighted by atomic mass is 16.6. The maximum atomic E-state index is 12.4. The molecular weight excluding hydrogens is 282 g/mol. The number of carbonyl (C=O) groups excluding carboxylic acids is 2. The number of morpholine rings is 1. The summed E-state index contributed by atoms with van der Waals surface area (Å²) in [5.74, 6) is -1.97. The summed E-state index contributed by atoms with van der Waals surface area (Å²) in [6, 6.07) is -0.733. The second kappa shape index (κ2) is 6.53. The molecule has 0 bridgehead atoms. The standard InChI is InChI=1S/C12H17N3O6/c1-2-13-10(16)8-6-20-4-3-15(8)11(17)9-5-7(12(18)19)14-21-9/h8-9H,2-6H2,1H3,(H,13,16)(H,18,19). The number of likely N-dealkylation sites (N-methyl/N-ethyl adjacent to an activating group) is 1. The number of ether oxygens (including phenoxy) is 1. The van der Waals surface area contributed by atoms with Gasteiger partial charge < -0.3 is 24.9 Å². The third-order valence-corrected chi connectivity index (χ3v) is 3.26. The maximum absolute atomic E-state index is 12.4. The van der Waals surface area contributed by atoms with E-state index in [-0.39, 0.29) is 31.2 Å². The van der Waals surface area contributed by atoms with E-state index < -0.39 is 24.0 Å². The molecule has 0 aromatic heterocycles. The van der Waals surface area contributed by atoms with E-state index in [1.807, 2.05) is 0 Å². The molecule has 0 aromatic rings. The normalized spacial score (nSPS) is 25.0. The maximum Gasteiger partial charge on any atom is 0.353 e. The predicted molar refractivity (Wildman–Crippen MR) is 69.6 cm³/mol. The van der Waals surface area contributed by atoms with E-state index in [0.717, 1.165) is 0 Å². The Morgan fingerprint density at radius 1 is 1.48 bits per heavy atom. The Kier molecular flexibility index (Phi) is 4.73. The van der Waals surface area contributed by atoms with Crippen LogP contribution in [0, 0.1) is 0 Å². The summed E-state index contributed by atoms with van der Waals surface area (Å²) in [4.78, 5) is 41.4. The molecule has 0 aromatic carbocycles. The Hall–Kier alpha value is -2.16. The van der Waals surface area contributed by atoms with E-state index >= 15 is 0 Å². The molecule has 116 valence electrons. The molecule has 2 aliphatic heterocycles. The Morgan fingerprint density at radius 3 is 2.86 bits per heavy atom. The molecule has 21 heavy (non-hydrogen) atoms. The zero-order valence-corrected chi connectivity index (χ0v) is 11.6. The van der Waals surface area contributed by atoms with Crippen molar-refractivity contribution in [2.45, 2.75) is 25.5 Å². The second-order valence-electron chi connectivity index (χ2n) is 4.66. The average Bonchev–Trinajstić information content (AvgIpc) is 2.97. The van der Waals surface area contributed by atoms with Crippen molar-refractivity contribution in [3.05, 3.63) is 0 Å². The van der Waals surface area contributed by atoms with Gasteiger partial charge in [-0.25, -0.2) is 4.79 Å². The molecule has 0 aliphatic carbocycles. The summed E-state index contributed by atoms with van der Waals surface area (Å²) >= 11 is 0. The summed E-state index contributed by atoms with van der Waals surface area (Å²) < 4.78 is 5.23. The molecule has 2 atom stereocenters. The van der Waals surface area contributed by atoms with Gasteiger partial charge in [0.15, 0.2) is 5.71 Å². The number of hydrogen-bond acceptors (Lipinski definition) is 6. The highest BCUT2D eigenvalue weighted by molar-refractivity contribution is 6.36. The van der Waals surface area contributed by atoms with Gasteiger partial charge in [0, 0.05) is 19.5 Å². The summed E-state index contributed by atoms with van der Waals surface area (Å²) in [7, 11) is 0. The van der Waals surface area contributed by atoms with Crippen molar-refractivity contribution in [1.29, 1.82) is 0 Å². The van der Waals surface area contributed by atoms with Crippen LogP contribution in [0.25, 0.3) is 0 Å². The van der Waals surface area contributed by atoms with E-state index in [1.165, 1.54) is 4.90 Å². The summed E-state index contributed by atoms with van der Waals surface area (Å²) in [5.41, 5.74) is -0.198. The first-order chi connectivity index (χ1) is 10.0. The van der Waals surface area contributed by atoms with Crippen LogP contribution in [0.1, 0.15) is 13.3 Å². The number of carboxylic acid groups (broad SMARTS) is 1. The molecule has 2 amide bonds. The van der Waals surface area contributed by atoms with Gasteiger partial charge in [0.25, 0.3) is 5.91 Å². The molecule has 2 aliphatic rings. The van der Waals surface area contributed by atoms with Gasteiger partial charge in [-0.2, -0.15) is 0 Å². The third-order valence-electron chi connectivity index (χ3n) is 3.26. The van der Waals surface area contributed by atoms with Gasteiger partial charge in [0.05, 0.1) is 13.2 Å². The molecule has 0 saturated carbocycles. The summed E-state index contributed by atoms with van der Waals surface area (Å²) in [6.07, 6.45) is -1.10. The number of carboxylic acids is 1. The highest BCUT2D eigenvalue weighted by Crippen LogP contribution is 2.17. The van der Waals surface area contributed by atoms with E-state index in [2.05, 4.69) is 10.5 Å². The Bertz CT molecular complexity index is 478. The van der Waals surface area contributed by atoms with Gasteiger partial charge in [0.2, 0.25) is 12.0 Å². The average molecular weight is 299 g/mol. The molecule has 2 unspecified atom stereocenters. The van der Waals surface area contributed by atoms with E-state index in [9.17, 15) is 14.4 Å². The quantitative estimate of drug-likeness (QED) is 0.658. The lowest BCUT2D eigenvalue weighted by molar-refractivity contribution is -0.156. The summed E-state index contributed by atoms with van der Waals surface area (Å²) in [5, 5.41) is 14.8. The second-order valence-corrected chi connectivity index (χ2v) is 4.66. The minimum atomic E-state index is -1.22. The Labute approximate surface area is 120 Å². The van der Waals surface area contributed by atoms with Crippen molar-refractivity contribution in [3.8, 4) is 0 Å². The van der Waals surface area contributed by atoms with Gasteiger partial charge in [-0.1, -0.05) is 5.16 Å². The molecule has 0 spiro atoms. The number of amides is 2. The number of nitrogens with one attached hydrogen (secondary N) is 1. The van der Waals surface area contributed by atoms with Gasteiger partial charge in [-0.15, -0.1) is 0 Å². The molecule has 0 radical (unpaired) electrons. The van der Waals surface area contributed by atoms with Crippen molar-refractivity contribution in [3.63, 3.8) is 0 Å². The number of nitrogens with zero attached hydrogens (tertiary/aromatic N) is 2. The van der Waals surface area contributed by atoms with Crippen molar-refractivity contribution in [2.24, 2.45) is 5.16 Å². The molecule has 2 rings (SSSR count). The van der Waals surface area contributed by atoms with Crippen molar-refractivity contribution >= 4 is 23.5 Å². The zero-order valence-electron chi connectivity index (χ0n) is 11.6. The van der Waals surface area contributed by atoms with Crippen molar-refractivity contribution in [1.82, 2.24) is 10.2 Å². The number of carbonyl (C=O) groups is 3. The highest BCUT2D eigenvalue weighted by Gasteiger charge is 2.40. The largest absolute Gasteiger partial charge is 0.477 e. The van der Waals surface area contributed by atoms with Gasteiger partial charge in [-0.05, 0) is 6.92 Å². The van der Waals surface area contributed by atoms with Crippen LogP contribution >= 0.6 is 0 Å². The first-order valence-corrected chi connectivity index (χ1v) is 6.66. The minimum absolute atomic E-state index is 0.104. The number of oxime groups is 1. The lowest BCUT2D eigenvalue weighted by Gasteiger charge is -2.35. The fourth-order valence-electron chi connectivity index (χ4n) is 2.20. The fraction of sp³-hybridized carbons (Fsp3) is 0.667. The lowest BCUT2D eigenvalue weighted by Crippen LogP contribution is -2.58. The monoisotopic (exact) mass is 299 g/mol. The smallest absolute Gasteiger partial charge is 0.353 e. The van der Waals surface area contributed by atoms with Crippen LogP contribution in [0.15, 0.2) is 5.16 Å². The molecule has 2 N–H and O–H groups in total. The van der Waals surface area contributed by atoms with E-state index in [1.54, 1.807) is 6.92 Å². The Balaban J connectivity index is 2.03. The first kappa shape index (κ1) is 15.2. The number of rotatable bonds is 4. The van der Waals surface area contributed by atoms with Crippen LogP contribution in [0.5, 0.6) is 0 Å². The van der Waals surface area contributed by atoms with Crippen LogP contribution in [0.4, 0.5) is 0 Å². The van der Waals surface area contributed by atoms with Gasteiger partial charge in [-0.3, -0.25) is 9.59 Å². The zero-order chi connectivity index (χ0) is 15.4. The van der Waals surface area contributed by atoms with E-state index in [4.69, 9.17) is 14.7 Å². The number of hydrogen-bond donors (Lipinski definition) is 2. The Morgan fingerprint density at radius 2 is 2.24 bits per heavy atom. The fourth-order valence-corrected chi connectivity index (χ4v) is 2.20. The van der Waals surface area contributed by atoms with Crippen LogP contribution in [-0.4, -0.2) is 72.0 Å². The molecule has 9 heteroatoms. The molecule has 2 heterocycles. The third kappa shape index (κ3) is 3.30. The summed E-state index contributed by atoms with van der Waals surface area (Å²) in [6.45, 7) is 2.91. The lowest BCUT2D eigenvalue weighted by atomic mass is 10.1. The molecule has 1 fully saturated rings. The topological polar surface area (TPSA) is 118 Å². The van der Waals surface area contributed by atoms with Crippen molar-refractivity contribution in [2.75, 3.05) is 26.3 Å². The van der Waals surface area contributed by atoms with Crippen LogP contribution < -0.4 is 5.32 Å². The van der Waals surface area contributed by atoms with Gasteiger partial charge in [0.1, 0.15) is 6.04 Å². The molecule has 9 nitrogen and oxygen atoms in total. The SMILES string of the molecule is CCNC(=O)C1COCCN1C(=O)C1CC(C(=O)O)=NO1. The number of aliphatic carboxylic acids is 1. The molecule has 1 saturated heterocycles. The van der Waals surface area contributed by atoms with E-state index in [0.29, 0.717) is 13.2 Å². The van der Waals surface area contributed by atoms with Crippen LogP contribution in [0.3, 0.4) is 0 Å². The van der Waals surface area contributed by atoms with Gasteiger partial charge >= 0.3 is 5.97 Å². The predicted octanol–water partition coefficient (Wildman–Crippen LogP) is -1.42.